The molecule has 0 amide bonds. The van der Waals surface area contributed by atoms with Crippen LogP contribution in [-0.4, -0.2) is 86.3 Å². The number of carboxylic acids is 1. The van der Waals surface area contributed by atoms with Gasteiger partial charge in [0.15, 0.2) is 0 Å². The summed E-state index contributed by atoms with van der Waals surface area (Å²) in [6.07, 6.45) is 4.64. The van der Waals surface area contributed by atoms with Crippen LogP contribution in [-0.2, 0) is 14.3 Å². The number of carbonyl (C=O) groups is 2. The third-order valence-corrected chi connectivity index (χ3v) is 6.44. The zero-order valence-electron chi connectivity index (χ0n) is 18.1. The van der Waals surface area contributed by atoms with E-state index in [1.165, 1.54) is 0 Å². The van der Waals surface area contributed by atoms with Gasteiger partial charge in [-0.15, -0.1) is 0 Å². The van der Waals surface area contributed by atoms with Crippen molar-refractivity contribution in [1.29, 1.82) is 0 Å². The van der Waals surface area contributed by atoms with Crippen LogP contribution >= 0.6 is 0 Å². The average Bonchev–Trinajstić information content (AvgIpc) is 2.65. The third-order valence-electron chi connectivity index (χ3n) is 6.44. The van der Waals surface area contributed by atoms with Crippen LogP contribution in [0.4, 0.5) is 0 Å². The average molecular weight is 449 g/mol. The minimum atomic E-state index is -1.10. The van der Waals surface area contributed by atoms with Gasteiger partial charge in [0.1, 0.15) is 6.10 Å². The second-order valence-electron chi connectivity index (χ2n) is 8.88. The molecule has 0 spiro atoms. The van der Waals surface area contributed by atoms with Crippen LogP contribution in [0.25, 0.3) is 0 Å². The fourth-order valence-corrected chi connectivity index (χ4v) is 4.52. The molecule has 0 saturated carbocycles. The Hall–Kier alpha value is -0.700. The molecule has 2 aliphatic rings. The van der Waals surface area contributed by atoms with Crippen molar-refractivity contribution in [3.8, 4) is 0 Å². The zero-order chi connectivity index (χ0) is 22.4. The summed E-state index contributed by atoms with van der Waals surface area (Å²) < 4.78 is 5.84. The Bertz CT molecular complexity index is 662. The first-order valence-corrected chi connectivity index (χ1v) is 11.0. The van der Waals surface area contributed by atoms with Gasteiger partial charge in [0.2, 0.25) is 0 Å². The fraction of sp³-hybridized carbons (Fsp3) is 0.739. The molecule has 8 atom stereocenters. The van der Waals surface area contributed by atoms with Crippen molar-refractivity contribution in [2.75, 3.05) is 0 Å². The Kier molecular flexibility index (Phi) is 12.0. The molecule has 0 aromatic heterocycles. The minimum absolute atomic E-state index is 0. The SMILES string of the molecule is CC[C@H](C)C(=O)O[C@H]1C[C@H](O)C=C2C=C[C@@H](C)[C@H](CC[C@@H](O)C[C@@H](O)CC(=O)O)[C@H]21.[NaH]. The predicted molar refractivity (Wildman–Crippen MR) is 119 cm³/mol. The molecule has 4 N–H and O–H groups in total. The summed E-state index contributed by atoms with van der Waals surface area (Å²) in [6.45, 7) is 5.85. The molecule has 172 valence electrons. The standard InChI is InChI=1S/C23H36O7.Na.H/c1-4-13(2)23(29)30-20-11-17(25)9-15-6-5-14(3)19(22(15)20)8-7-16(24)10-18(26)12-21(27)28;;/h5-6,9,13-14,16-20,22,24-26H,4,7-8,10-12H2,1-3H3,(H,27,28);;/t13-,14+,16+,17+,18+,19-,20-,22-;;/m0../s1. The number of allylic oxidation sites excluding steroid dienone is 2. The van der Waals surface area contributed by atoms with E-state index in [-0.39, 0.29) is 72.0 Å². The quantitative estimate of drug-likeness (QED) is 0.297. The third kappa shape index (κ3) is 8.30. The van der Waals surface area contributed by atoms with Crippen LogP contribution in [0.1, 0.15) is 59.3 Å². The molecule has 0 bridgehead atoms. The van der Waals surface area contributed by atoms with Crippen molar-refractivity contribution in [3.05, 3.63) is 23.8 Å². The number of esters is 1. The summed E-state index contributed by atoms with van der Waals surface area (Å²) >= 11 is 0. The van der Waals surface area contributed by atoms with E-state index in [9.17, 15) is 24.9 Å². The van der Waals surface area contributed by atoms with Gasteiger partial charge in [-0.05, 0) is 43.1 Å². The number of ether oxygens (including phenoxy) is 1. The van der Waals surface area contributed by atoms with Gasteiger partial charge in [-0.25, -0.2) is 0 Å². The van der Waals surface area contributed by atoms with Crippen LogP contribution in [0.3, 0.4) is 0 Å². The number of aliphatic hydroxyl groups excluding tert-OH is 3. The maximum absolute atomic E-state index is 12.4. The first-order valence-electron chi connectivity index (χ1n) is 11.0. The van der Waals surface area contributed by atoms with Crippen LogP contribution in [0.5, 0.6) is 0 Å². The Balaban J connectivity index is 0.00000480. The van der Waals surface area contributed by atoms with Gasteiger partial charge in [0.25, 0.3) is 0 Å². The predicted octanol–water partition coefficient (Wildman–Crippen LogP) is 1.79. The summed E-state index contributed by atoms with van der Waals surface area (Å²) in [5.41, 5.74) is 0.958. The van der Waals surface area contributed by atoms with Crippen molar-refractivity contribution >= 4 is 41.5 Å². The van der Waals surface area contributed by atoms with E-state index in [2.05, 4.69) is 13.0 Å². The molecule has 2 aliphatic carbocycles. The fourth-order valence-electron chi connectivity index (χ4n) is 4.52. The van der Waals surface area contributed by atoms with E-state index < -0.39 is 30.4 Å². The topological polar surface area (TPSA) is 124 Å². The molecule has 0 saturated heterocycles. The van der Waals surface area contributed by atoms with E-state index in [1.807, 2.05) is 26.0 Å². The van der Waals surface area contributed by atoms with Gasteiger partial charge in [-0.2, -0.15) is 0 Å². The molecule has 0 unspecified atom stereocenters. The van der Waals surface area contributed by atoms with Gasteiger partial charge in [-0.1, -0.05) is 39.0 Å². The van der Waals surface area contributed by atoms with Crippen LogP contribution in [0, 0.1) is 23.7 Å². The maximum atomic E-state index is 12.4. The molecule has 7 nitrogen and oxygen atoms in total. The number of aliphatic carboxylic acids is 1. The zero-order valence-corrected chi connectivity index (χ0v) is 18.1. The first-order chi connectivity index (χ1) is 14.1. The van der Waals surface area contributed by atoms with Crippen LogP contribution < -0.4 is 0 Å². The Labute approximate surface area is 206 Å². The summed E-state index contributed by atoms with van der Waals surface area (Å²) in [7, 11) is 0. The van der Waals surface area contributed by atoms with Crippen molar-refractivity contribution in [3.63, 3.8) is 0 Å². The van der Waals surface area contributed by atoms with Gasteiger partial charge in [-0.3, -0.25) is 9.59 Å². The Morgan fingerprint density at radius 2 is 1.94 bits per heavy atom. The van der Waals surface area contributed by atoms with Crippen molar-refractivity contribution in [2.24, 2.45) is 23.7 Å². The number of aliphatic hydroxyl groups is 3. The second kappa shape index (κ2) is 13.1. The Morgan fingerprint density at radius 1 is 1.26 bits per heavy atom. The Morgan fingerprint density at radius 3 is 2.55 bits per heavy atom. The molecule has 8 heteroatoms. The van der Waals surface area contributed by atoms with Crippen LogP contribution in [0.15, 0.2) is 23.8 Å². The monoisotopic (exact) mass is 448 g/mol. The van der Waals surface area contributed by atoms with Crippen molar-refractivity contribution in [1.82, 2.24) is 0 Å². The van der Waals surface area contributed by atoms with E-state index in [0.717, 1.165) is 5.57 Å². The number of carboxylic acid groups (broad SMARTS) is 1. The molecule has 0 fully saturated rings. The number of hydrogen-bond acceptors (Lipinski definition) is 6. The first kappa shape index (κ1) is 28.3. The van der Waals surface area contributed by atoms with Crippen molar-refractivity contribution in [2.45, 2.75) is 83.7 Å². The number of fused-ring (bicyclic) bond motifs is 1. The van der Waals surface area contributed by atoms with Crippen molar-refractivity contribution < 1.29 is 34.8 Å². The van der Waals surface area contributed by atoms with Gasteiger partial charge in [0.05, 0.1) is 30.7 Å². The van der Waals surface area contributed by atoms with E-state index >= 15 is 0 Å². The summed E-state index contributed by atoms with van der Waals surface area (Å²) in [6, 6.07) is 0. The van der Waals surface area contributed by atoms with Gasteiger partial charge in [0, 0.05) is 12.3 Å². The number of carbonyl (C=O) groups excluding carboxylic acids is 1. The molecule has 0 aliphatic heterocycles. The normalized spacial score (nSPS) is 30.3. The number of rotatable bonds is 10. The molecule has 0 heterocycles. The van der Waals surface area contributed by atoms with Gasteiger partial charge >= 0.3 is 41.5 Å². The van der Waals surface area contributed by atoms with Crippen LogP contribution in [0.2, 0.25) is 0 Å². The number of hydrogen-bond donors (Lipinski definition) is 4. The molecule has 0 radical (unpaired) electrons. The molecule has 0 aromatic rings. The van der Waals surface area contributed by atoms with E-state index in [0.29, 0.717) is 25.7 Å². The second-order valence-corrected chi connectivity index (χ2v) is 8.88. The molecule has 0 aromatic carbocycles. The van der Waals surface area contributed by atoms with E-state index in [1.54, 1.807) is 0 Å². The molecule has 31 heavy (non-hydrogen) atoms. The molecule has 2 rings (SSSR count). The van der Waals surface area contributed by atoms with Gasteiger partial charge < -0.3 is 25.2 Å². The van der Waals surface area contributed by atoms with E-state index in [4.69, 9.17) is 9.84 Å². The molecular formula is C23H37NaO7. The summed E-state index contributed by atoms with van der Waals surface area (Å²) in [4.78, 5) is 23.1. The summed E-state index contributed by atoms with van der Waals surface area (Å²) in [5, 5.41) is 39.1. The summed E-state index contributed by atoms with van der Waals surface area (Å²) in [5.74, 6) is -1.31. The molecular weight excluding hydrogens is 411 g/mol.